The second-order valence-corrected chi connectivity index (χ2v) is 9.00. The van der Waals surface area contributed by atoms with Crippen LogP contribution < -0.4 is 14.2 Å². The number of hydrogen-bond acceptors (Lipinski definition) is 8. The molecule has 10 heteroatoms. The Morgan fingerprint density at radius 1 is 1.17 bits per heavy atom. The van der Waals surface area contributed by atoms with Gasteiger partial charge in [0.1, 0.15) is 19.8 Å². The van der Waals surface area contributed by atoms with Gasteiger partial charge in [-0.1, -0.05) is 0 Å². The highest BCUT2D eigenvalue weighted by molar-refractivity contribution is 7.99. The van der Waals surface area contributed by atoms with Crippen molar-refractivity contribution in [3.8, 4) is 11.5 Å². The number of allylic oxidation sites excluding steroid dienone is 1. The maximum absolute atomic E-state index is 12.8. The summed E-state index contributed by atoms with van der Waals surface area (Å²) in [6.07, 6.45) is 6.95. The van der Waals surface area contributed by atoms with Crippen LogP contribution in [-0.2, 0) is 14.8 Å². The second kappa shape index (κ2) is 8.80. The minimum Gasteiger partial charge on any atom is -0.486 e. The number of thioether (sulfide) groups is 1. The molecule has 0 amide bonds. The molecule has 1 aromatic carbocycles. The molecule has 4 rings (SSSR count). The first-order valence-electron chi connectivity index (χ1n) is 9.05. The van der Waals surface area contributed by atoms with E-state index in [-0.39, 0.29) is 17.4 Å². The summed E-state index contributed by atoms with van der Waals surface area (Å²) in [6, 6.07) is 6.29. The largest absolute Gasteiger partial charge is 0.486 e. The van der Waals surface area contributed by atoms with Gasteiger partial charge < -0.3 is 14.2 Å². The lowest BCUT2D eigenvalue weighted by molar-refractivity contribution is 0.171. The normalized spacial score (nSPS) is 15.5. The monoisotopic (exact) mass is 445 g/mol. The van der Waals surface area contributed by atoms with E-state index in [1.54, 1.807) is 30.6 Å². The molecule has 0 saturated carbocycles. The molecule has 30 heavy (non-hydrogen) atoms. The van der Waals surface area contributed by atoms with Crippen LogP contribution in [0.15, 0.2) is 75.1 Å². The Kier molecular flexibility index (Phi) is 5.96. The number of nitrogens with one attached hydrogen (secondary N) is 1. The van der Waals surface area contributed by atoms with Crippen molar-refractivity contribution in [1.82, 2.24) is 9.71 Å². The van der Waals surface area contributed by atoms with Crippen LogP contribution in [0.2, 0.25) is 0 Å². The minimum absolute atomic E-state index is 0.0683. The summed E-state index contributed by atoms with van der Waals surface area (Å²) in [5.74, 6) is 1.70. The van der Waals surface area contributed by atoms with Gasteiger partial charge in [-0.25, -0.2) is 13.1 Å². The fourth-order valence-corrected chi connectivity index (χ4v) is 4.77. The molecular formula is C20H19N3O5S2. The van der Waals surface area contributed by atoms with Gasteiger partial charge in [0.05, 0.1) is 15.5 Å². The van der Waals surface area contributed by atoms with Crippen molar-refractivity contribution in [2.75, 3.05) is 25.6 Å². The molecule has 1 aromatic heterocycles. The van der Waals surface area contributed by atoms with E-state index in [1.165, 1.54) is 23.9 Å². The van der Waals surface area contributed by atoms with Crippen LogP contribution in [0.3, 0.4) is 0 Å². The average molecular weight is 446 g/mol. The maximum atomic E-state index is 12.8. The zero-order valence-corrected chi connectivity index (χ0v) is 17.5. The summed E-state index contributed by atoms with van der Waals surface area (Å²) in [5, 5.41) is 0. The number of fused-ring (bicyclic) bond motifs is 1. The highest BCUT2D eigenvalue weighted by Crippen LogP contribution is 2.33. The molecule has 3 heterocycles. The predicted octanol–water partition coefficient (Wildman–Crippen LogP) is 3.05. The zero-order valence-electron chi connectivity index (χ0n) is 15.9. The van der Waals surface area contributed by atoms with E-state index >= 15 is 0 Å². The number of ether oxygens (including phenoxy) is 3. The highest BCUT2D eigenvalue weighted by atomic mass is 32.2. The summed E-state index contributed by atoms with van der Waals surface area (Å²) in [7, 11) is -3.84. The molecule has 8 nitrogen and oxygen atoms in total. The van der Waals surface area contributed by atoms with E-state index in [2.05, 4.69) is 21.4 Å². The molecule has 0 aliphatic carbocycles. The van der Waals surface area contributed by atoms with E-state index in [1.807, 2.05) is 6.08 Å². The first-order chi connectivity index (χ1) is 14.5. The number of aromatic nitrogens is 1. The van der Waals surface area contributed by atoms with Crippen molar-refractivity contribution >= 4 is 34.2 Å². The van der Waals surface area contributed by atoms with Gasteiger partial charge in [0.2, 0.25) is 5.88 Å². The molecule has 156 valence electrons. The van der Waals surface area contributed by atoms with Crippen LogP contribution in [0.25, 0.3) is 0 Å². The van der Waals surface area contributed by atoms with Crippen molar-refractivity contribution in [2.45, 2.75) is 9.79 Å². The Morgan fingerprint density at radius 3 is 2.83 bits per heavy atom. The van der Waals surface area contributed by atoms with Gasteiger partial charge >= 0.3 is 0 Å². The van der Waals surface area contributed by atoms with Crippen LogP contribution in [0.1, 0.15) is 0 Å². The average Bonchev–Trinajstić information content (AvgIpc) is 2.77. The number of aliphatic imine (C=N–C) groups is 1. The molecule has 0 unspecified atom stereocenters. The van der Waals surface area contributed by atoms with Crippen LogP contribution in [0, 0.1) is 0 Å². The number of hydrogen-bond donors (Lipinski definition) is 1. The van der Waals surface area contributed by atoms with Crippen LogP contribution in [-0.4, -0.2) is 45.7 Å². The third kappa shape index (κ3) is 4.60. The number of sulfonamides is 1. The number of benzene rings is 1. The van der Waals surface area contributed by atoms with Gasteiger partial charge in [0.25, 0.3) is 10.0 Å². The van der Waals surface area contributed by atoms with Gasteiger partial charge in [-0.2, -0.15) is 0 Å². The fraction of sp³-hybridized carbons (Fsp3) is 0.200. The number of nitrogens with zero attached hydrogens (tertiary/aromatic N) is 2. The maximum Gasteiger partial charge on any atom is 0.264 e. The highest BCUT2D eigenvalue weighted by Gasteiger charge is 2.21. The third-order valence-corrected chi connectivity index (χ3v) is 6.73. The minimum atomic E-state index is -3.84. The molecule has 2 aromatic rings. The molecule has 0 spiro atoms. The summed E-state index contributed by atoms with van der Waals surface area (Å²) in [4.78, 5) is 9.05. The SMILES string of the molecule is C=Nc1ccncc1SCC1=CCOC(NS(=O)(=O)c2ccc3c(c2)OCCO3)=C1. The van der Waals surface area contributed by atoms with Crippen molar-refractivity contribution in [3.05, 3.63) is 60.3 Å². The summed E-state index contributed by atoms with van der Waals surface area (Å²) in [5.41, 5.74) is 1.68. The van der Waals surface area contributed by atoms with Crippen molar-refractivity contribution in [3.63, 3.8) is 0 Å². The molecular weight excluding hydrogens is 426 g/mol. The van der Waals surface area contributed by atoms with Gasteiger partial charge in [-0.15, -0.1) is 11.8 Å². The third-order valence-electron chi connectivity index (χ3n) is 4.29. The Balaban J connectivity index is 1.45. The van der Waals surface area contributed by atoms with Crippen molar-refractivity contribution in [1.29, 1.82) is 0 Å². The van der Waals surface area contributed by atoms with Crippen LogP contribution >= 0.6 is 11.8 Å². The second-order valence-electron chi connectivity index (χ2n) is 6.30. The van der Waals surface area contributed by atoms with Crippen molar-refractivity contribution in [2.24, 2.45) is 4.99 Å². The lowest BCUT2D eigenvalue weighted by Crippen LogP contribution is -2.26. The molecule has 0 atom stereocenters. The van der Waals surface area contributed by atoms with E-state index in [4.69, 9.17) is 14.2 Å². The zero-order chi connectivity index (χ0) is 21.0. The molecule has 0 fully saturated rings. The van der Waals surface area contributed by atoms with Crippen LogP contribution in [0.4, 0.5) is 5.69 Å². The van der Waals surface area contributed by atoms with E-state index in [0.717, 1.165) is 16.2 Å². The smallest absolute Gasteiger partial charge is 0.264 e. The predicted molar refractivity (Wildman–Crippen MR) is 114 cm³/mol. The van der Waals surface area contributed by atoms with Gasteiger partial charge in [-0.05, 0) is 36.6 Å². The molecule has 1 N–H and O–H groups in total. The topological polar surface area (TPSA) is 99.1 Å². The van der Waals surface area contributed by atoms with Crippen molar-refractivity contribution < 1.29 is 22.6 Å². The number of rotatable bonds is 7. The molecule has 2 aliphatic heterocycles. The first kappa shape index (κ1) is 20.3. The van der Waals surface area contributed by atoms with Crippen LogP contribution in [0.5, 0.6) is 11.5 Å². The molecule has 0 saturated heterocycles. The van der Waals surface area contributed by atoms with E-state index in [9.17, 15) is 8.42 Å². The Labute approximate surface area is 178 Å². The Bertz CT molecular complexity index is 1130. The van der Waals surface area contributed by atoms with Gasteiger partial charge in [0, 0.05) is 30.3 Å². The molecule has 0 radical (unpaired) electrons. The summed E-state index contributed by atoms with van der Waals surface area (Å²) in [6.45, 7) is 4.65. The lowest BCUT2D eigenvalue weighted by Gasteiger charge is -2.20. The molecule has 0 bridgehead atoms. The fourth-order valence-electron chi connectivity index (χ4n) is 2.82. The quantitative estimate of drug-likeness (QED) is 0.516. The summed E-state index contributed by atoms with van der Waals surface area (Å²) < 4.78 is 44.4. The Hall–Kier alpha value is -2.98. The summed E-state index contributed by atoms with van der Waals surface area (Å²) >= 11 is 1.54. The number of pyridine rings is 1. The van der Waals surface area contributed by atoms with E-state index < -0.39 is 10.0 Å². The van der Waals surface area contributed by atoms with Gasteiger partial charge in [0.15, 0.2) is 11.5 Å². The molecule has 2 aliphatic rings. The van der Waals surface area contributed by atoms with Gasteiger partial charge in [-0.3, -0.25) is 9.98 Å². The lowest BCUT2D eigenvalue weighted by atomic mass is 10.2. The first-order valence-corrected chi connectivity index (χ1v) is 11.5. The Morgan fingerprint density at radius 2 is 2.00 bits per heavy atom. The van der Waals surface area contributed by atoms with E-state index in [0.29, 0.717) is 30.5 Å². The standard InChI is InChI=1S/C20H19N3O5S2/c1-21-16-4-6-22-12-19(16)29-13-14-5-7-28-20(10-14)23-30(24,25)15-2-3-17-18(11-15)27-9-8-26-17/h2-6,10-12,23H,1,7-9,13H2.